The zero-order valence-electron chi connectivity index (χ0n) is 13.7. The van der Waals surface area contributed by atoms with Crippen molar-refractivity contribution >= 4 is 5.97 Å². The first-order chi connectivity index (χ1) is 10.8. The second-order valence-corrected chi connectivity index (χ2v) is 5.71. The summed E-state index contributed by atoms with van der Waals surface area (Å²) in [5, 5.41) is 12.1. The standard InChI is InChI=1S/C17H21N3O3/c1-9-5-6-13(11(3)10(9)2)7-18-12(4)15-19-8-14(17(22)23)16(21)20-15/h5-6,8,12,18H,7H2,1-4H3,(H,22,23)(H,19,20,21). The van der Waals surface area contributed by atoms with Gasteiger partial charge >= 0.3 is 5.97 Å². The molecule has 0 amide bonds. The second-order valence-electron chi connectivity index (χ2n) is 5.71. The summed E-state index contributed by atoms with van der Waals surface area (Å²) in [6.07, 6.45) is 1.09. The van der Waals surface area contributed by atoms with Crippen LogP contribution in [0.4, 0.5) is 0 Å². The Morgan fingerprint density at radius 1 is 1.30 bits per heavy atom. The summed E-state index contributed by atoms with van der Waals surface area (Å²) in [5.74, 6) is -0.863. The molecule has 122 valence electrons. The molecule has 6 heteroatoms. The highest BCUT2D eigenvalue weighted by atomic mass is 16.4. The Kier molecular flexibility index (Phi) is 4.95. The Morgan fingerprint density at radius 2 is 2.00 bits per heavy atom. The van der Waals surface area contributed by atoms with Crippen molar-refractivity contribution in [2.75, 3.05) is 0 Å². The van der Waals surface area contributed by atoms with E-state index in [1.165, 1.54) is 22.3 Å². The molecule has 0 saturated carbocycles. The average Bonchev–Trinajstić information content (AvgIpc) is 2.51. The van der Waals surface area contributed by atoms with Gasteiger partial charge in [-0.3, -0.25) is 4.79 Å². The number of benzene rings is 1. The third kappa shape index (κ3) is 3.65. The van der Waals surface area contributed by atoms with Crippen molar-refractivity contribution in [1.82, 2.24) is 15.3 Å². The molecule has 0 spiro atoms. The van der Waals surface area contributed by atoms with Gasteiger partial charge in [0.15, 0.2) is 0 Å². The third-order valence-electron chi connectivity index (χ3n) is 4.23. The lowest BCUT2D eigenvalue weighted by atomic mass is 9.99. The molecule has 1 unspecified atom stereocenters. The molecule has 0 aliphatic heterocycles. The number of nitrogens with one attached hydrogen (secondary N) is 2. The number of hydrogen-bond donors (Lipinski definition) is 3. The molecule has 2 aromatic rings. The summed E-state index contributed by atoms with van der Waals surface area (Å²) in [5.41, 5.74) is 3.96. The molecule has 0 aliphatic rings. The smallest absolute Gasteiger partial charge is 0.342 e. The van der Waals surface area contributed by atoms with E-state index in [0.29, 0.717) is 12.4 Å². The molecule has 0 fully saturated rings. The van der Waals surface area contributed by atoms with Gasteiger partial charge in [-0.15, -0.1) is 0 Å². The molecule has 2 rings (SSSR count). The van der Waals surface area contributed by atoms with E-state index in [-0.39, 0.29) is 11.6 Å². The van der Waals surface area contributed by atoms with Crippen LogP contribution >= 0.6 is 0 Å². The Morgan fingerprint density at radius 3 is 2.61 bits per heavy atom. The number of aryl methyl sites for hydroxylation is 1. The maximum Gasteiger partial charge on any atom is 0.342 e. The average molecular weight is 315 g/mol. The van der Waals surface area contributed by atoms with Crippen LogP contribution in [0.25, 0.3) is 0 Å². The zero-order valence-corrected chi connectivity index (χ0v) is 13.7. The molecule has 0 aliphatic carbocycles. The van der Waals surface area contributed by atoms with Crippen LogP contribution in [-0.4, -0.2) is 21.0 Å². The summed E-state index contributed by atoms with van der Waals surface area (Å²) in [6, 6.07) is 3.97. The van der Waals surface area contributed by atoms with Crippen LogP contribution in [0, 0.1) is 20.8 Å². The van der Waals surface area contributed by atoms with Crippen molar-refractivity contribution in [2.45, 2.75) is 40.3 Å². The number of carboxylic acid groups (broad SMARTS) is 1. The van der Waals surface area contributed by atoms with Gasteiger partial charge in [-0.25, -0.2) is 9.78 Å². The minimum Gasteiger partial charge on any atom is -0.477 e. The highest BCUT2D eigenvalue weighted by molar-refractivity contribution is 5.86. The number of carbonyl (C=O) groups is 1. The first kappa shape index (κ1) is 16.9. The van der Waals surface area contributed by atoms with Crippen molar-refractivity contribution in [1.29, 1.82) is 0 Å². The number of hydrogen-bond acceptors (Lipinski definition) is 4. The predicted octanol–water partition coefficient (Wildman–Crippen LogP) is 2.24. The highest BCUT2D eigenvalue weighted by Crippen LogP contribution is 2.17. The number of aromatic carboxylic acids is 1. The first-order valence-electron chi connectivity index (χ1n) is 7.42. The van der Waals surface area contributed by atoms with Gasteiger partial charge in [0.05, 0.1) is 6.04 Å². The van der Waals surface area contributed by atoms with Gasteiger partial charge in [0.2, 0.25) is 0 Å². The van der Waals surface area contributed by atoms with Crippen molar-refractivity contribution in [3.05, 3.63) is 62.3 Å². The van der Waals surface area contributed by atoms with Gasteiger partial charge in [-0.2, -0.15) is 0 Å². The Bertz CT molecular complexity index is 796. The number of aromatic amines is 1. The molecule has 23 heavy (non-hydrogen) atoms. The molecular formula is C17H21N3O3. The fraction of sp³-hybridized carbons (Fsp3) is 0.353. The van der Waals surface area contributed by atoms with E-state index in [9.17, 15) is 9.59 Å². The Labute approximate surface area is 134 Å². The van der Waals surface area contributed by atoms with Crippen LogP contribution < -0.4 is 10.9 Å². The van der Waals surface area contributed by atoms with Gasteiger partial charge in [0.1, 0.15) is 11.4 Å². The molecule has 1 aromatic carbocycles. The van der Waals surface area contributed by atoms with Gasteiger partial charge in [0.25, 0.3) is 5.56 Å². The number of H-pyrrole nitrogens is 1. The maximum absolute atomic E-state index is 11.7. The van der Waals surface area contributed by atoms with Gasteiger partial charge < -0.3 is 15.4 Å². The molecular weight excluding hydrogens is 294 g/mol. The summed E-state index contributed by atoms with van der Waals surface area (Å²) < 4.78 is 0. The summed E-state index contributed by atoms with van der Waals surface area (Å²) in [4.78, 5) is 29.1. The van der Waals surface area contributed by atoms with E-state index >= 15 is 0 Å². The highest BCUT2D eigenvalue weighted by Gasteiger charge is 2.14. The molecule has 0 saturated heterocycles. The molecule has 1 atom stereocenters. The van der Waals surface area contributed by atoms with Crippen LogP contribution in [0.3, 0.4) is 0 Å². The van der Waals surface area contributed by atoms with Crippen LogP contribution in [0.1, 0.15) is 51.4 Å². The van der Waals surface area contributed by atoms with E-state index in [0.717, 1.165) is 6.20 Å². The quantitative estimate of drug-likeness (QED) is 0.786. The van der Waals surface area contributed by atoms with E-state index in [1.54, 1.807) is 0 Å². The van der Waals surface area contributed by atoms with Crippen LogP contribution in [0.2, 0.25) is 0 Å². The number of aromatic nitrogens is 2. The van der Waals surface area contributed by atoms with E-state index in [1.807, 2.05) is 6.92 Å². The van der Waals surface area contributed by atoms with E-state index in [4.69, 9.17) is 5.11 Å². The largest absolute Gasteiger partial charge is 0.477 e. The fourth-order valence-corrected chi connectivity index (χ4v) is 2.34. The topological polar surface area (TPSA) is 95.1 Å². The number of rotatable bonds is 5. The van der Waals surface area contributed by atoms with Crippen LogP contribution in [0.5, 0.6) is 0 Å². The van der Waals surface area contributed by atoms with Crippen LogP contribution in [0.15, 0.2) is 23.1 Å². The lowest BCUT2D eigenvalue weighted by Gasteiger charge is -2.16. The molecule has 0 radical (unpaired) electrons. The lowest BCUT2D eigenvalue weighted by Crippen LogP contribution is -2.26. The normalized spacial score (nSPS) is 12.2. The third-order valence-corrected chi connectivity index (χ3v) is 4.23. The minimum atomic E-state index is -1.28. The van der Waals surface area contributed by atoms with E-state index < -0.39 is 11.5 Å². The van der Waals surface area contributed by atoms with Crippen molar-refractivity contribution in [3.8, 4) is 0 Å². The molecule has 6 nitrogen and oxygen atoms in total. The van der Waals surface area contributed by atoms with E-state index in [2.05, 4.69) is 48.2 Å². The van der Waals surface area contributed by atoms with Gasteiger partial charge in [-0.1, -0.05) is 12.1 Å². The summed E-state index contributed by atoms with van der Waals surface area (Å²) in [6.45, 7) is 8.78. The molecule has 1 heterocycles. The van der Waals surface area contributed by atoms with Crippen molar-refractivity contribution in [2.24, 2.45) is 0 Å². The van der Waals surface area contributed by atoms with Crippen LogP contribution in [-0.2, 0) is 6.54 Å². The predicted molar refractivity (Wildman–Crippen MR) is 87.7 cm³/mol. The van der Waals surface area contributed by atoms with Gasteiger partial charge in [-0.05, 0) is 49.9 Å². The lowest BCUT2D eigenvalue weighted by molar-refractivity contribution is 0.0694. The second kappa shape index (κ2) is 6.75. The number of nitrogens with zero attached hydrogens (tertiary/aromatic N) is 1. The Balaban J connectivity index is 2.13. The van der Waals surface area contributed by atoms with Crippen molar-refractivity contribution in [3.63, 3.8) is 0 Å². The van der Waals surface area contributed by atoms with Gasteiger partial charge in [0, 0.05) is 12.7 Å². The monoisotopic (exact) mass is 315 g/mol. The summed E-state index contributed by atoms with van der Waals surface area (Å²) in [7, 11) is 0. The zero-order chi connectivity index (χ0) is 17.1. The summed E-state index contributed by atoms with van der Waals surface area (Å²) >= 11 is 0. The minimum absolute atomic E-state index is 0.202. The number of carboxylic acids is 1. The fourth-order valence-electron chi connectivity index (χ4n) is 2.34. The Hall–Kier alpha value is -2.47. The first-order valence-corrected chi connectivity index (χ1v) is 7.42. The SMILES string of the molecule is Cc1ccc(CNC(C)c2ncc(C(=O)O)c(=O)[nH]2)c(C)c1C. The maximum atomic E-state index is 11.7. The molecule has 1 aromatic heterocycles. The van der Waals surface area contributed by atoms with Crippen molar-refractivity contribution < 1.29 is 9.90 Å². The molecule has 0 bridgehead atoms. The molecule has 3 N–H and O–H groups in total.